The first kappa shape index (κ1) is 30.1. The fraction of sp³-hybridized carbons (Fsp3) is 0.161. The van der Waals surface area contributed by atoms with E-state index in [1.165, 1.54) is 30.3 Å². The van der Waals surface area contributed by atoms with Crippen LogP contribution in [0, 0.1) is 23.0 Å². The molecule has 5 rings (SSSR count). The molecule has 224 valence electrons. The first-order valence-corrected chi connectivity index (χ1v) is 14.3. The number of carboxylic acid groups (broad SMARTS) is 1. The molecule has 0 amide bonds. The topological polar surface area (TPSA) is 145 Å². The lowest BCUT2D eigenvalue weighted by atomic mass is 10.1. The van der Waals surface area contributed by atoms with Gasteiger partial charge in [0.15, 0.2) is 17.3 Å². The number of hydrogen-bond donors (Lipinski definition) is 2. The number of likely N-dealkylation sites (N-methyl/N-ethyl adjacent to an activating group) is 1. The molecule has 2 N–H and O–H groups in total. The number of aromatic hydroxyl groups is 1. The minimum atomic E-state index is -1.65. The van der Waals surface area contributed by atoms with Crippen LogP contribution in [0.3, 0.4) is 0 Å². The van der Waals surface area contributed by atoms with Gasteiger partial charge in [0.2, 0.25) is 11.6 Å². The molecule has 1 unspecified atom stereocenters. The van der Waals surface area contributed by atoms with Crippen molar-refractivity contribution in [3.63, 3.8) is 0 Å². The third kappa shape index (κ3) is 6.50. The lowest BCUT2D eigenvalue weighted by Crippen LogP contribution is -2.24. The van der Waals surface area contributed by atoms with Crippen molar-refractivity contribution >= 4 is 22.6 Å². The zero-order valence-electron chi connectivity index (χ0n) is 23.2. The Balaban J connectivity index is 1.47. The number of aliphatic imine (C=N–C) groups is 1. The summed E-state index contributed by atoms with van der Waals surface area (Å²) in [5.41, 5.74) is 1.26. The van der Waals surface area contributed by atoms with Crippen LogP contribution in [-0.4, -0.2) is 56.2 Å². The Hall–Kier alpha value is -5.35. The van der Waals surface area contributed by atoms with Gasteiger partial charge in [-0.05, 0) is 54.4 Å². The van der Waals surface area contributed by atoms with Crippen LogP contribution in [0.15, 0.2) is 81.6 Å². The first-order chi connectivity index (χ1) is 21.1. The predicted octanol–water partition coefficient (Wildman–Crippen LogP) is 5.40. The number of phenolic OH excluding ortho intramolecular Hbond substituents is 1. The number of rotatable bonds is 10. The summed E-state index contributed by atoms with van der Waals surface area (Å²) in [5, 5.41) is 28.1. The van der Waals surface area contributed by atoms with Crippen LogP contribution in [0.4, 0.5) is 8.78 Å². The molecule has 1 aliphatic rings. The normalized spacial score (nSPS) is 13.2. The van der Waals surface area contributed by atoms with Crippen molar-refractivity contribution in [2.45, 2.75) is 22.6 Å². The summed E-state index contributed by atoms with van der Waals surface area (Å²) in [4.78, 5) is 21.7. The molecule has 13 heteroatoms. The Morgan fingerprint density at radius 1 is 1.07 bits per heavy atom. The van der Waals surface area contributed by atoms with E-state index in [-0.39, 0.29) is 29.2 Å². The number of pyridine rings is 1. The number of phenols is 1. The highest BCUT2D eigenvalue weighted by Gasteiger charge is 2.25. The average molecular weight is 619 g/mol. The quantitative estimate of drug-likeness (QED) is 0.239. The maximum absolute atomic E-state index is 15.5. The summed E-state index contributed by atoms with van der Waals surface area (Å²) in [5.74, 6) is -5.04. The van der Waals surface area contributed by atoms with Crippen molar-refractivity contribution in [3.05, 3.63) is 95.2 Å². The number of nitrogens with zero attached hydrogens (tertiary/aromatic N) is 4. The lowest BCUT2D eigenvalue weighted by Gasteiger charge is -2.19. The maximum Gasteiger partial charge on any atom is 0.303 e. The second kappa shape index (κ2) is 12.9. The maximum atomic E-state index is 15.5. The van der Waals surface area contributed by atoms with Gasteiger partial charge in [0.05, 0.1) is 40.7 Å². The number of carbonyl (C=O) groups is 1. The van der Waals surface area contributed by atoms with Gasteiger partial charge in [-0.25, -0.2) is 13.6 Å². The van der Waals surface area contributed by atoms with Crippen molar-refractivity contribution in [1.29, 1.82) is 5.26 Å². The van der Waals surface area contributed by atoms with E-state index in [4.69, 9.17) is 19.8 Å². The number of aromatic nitrogens is 1. The summed E-state index contributed by atoms with van der Waals surface area (Å²) in [7, 11) is 0.134. The van der Waals surface area contributed by atoms with Crippen LogP contribution in [0.1, 0.15) is 23.1 Å². The molecule has 4 aromatic rings. The minimum absolute atomic E-state index is 0.0199. The Morgan fingerprint density at radius 3 is 2.50 bits per heavy atom. The van der Waals surface area contributed by atoms with E-state index in [1.54, 1.807) is 37.4 Å². The molecule has 3 aromatic carbocycles. The number of nitriles is 1. The zero-order valence-corrected chi connectivity index (χ0v) is 24.0. The number of halogens is 2. The first-order valence-electron chi connectivity index (χ1n) is 13.2. The monoisotopic (exact) mass is 618 g/mol. The summed E-state index contributed by atoms with van der Waals surface area (Å²) >= 11 is 0. The van der Waals surface area contributed by atoms with Gasteiger partial charge >= 0.3 is 5.97 Å². The van der Waals surface area contributed by atoms with Gasteiger partial charge in [0, 0.05) is 35.9 Å². The third-order valence-corrected chi connectivity index (χ3v) is 8.02. The fourth-order valence-corrected chi connectivity index (χ4v) is 5.43. The summed E-state index contributed by atoms with van der Waals surface area (Å²) in [6, 6.07) is 16.8. The average Bonchev–Trinajstić information content (AvgIpc) is 3.45. The third-order valence-electron chi connectivity index (χ3n) is 6.64. The molecule has 0 saturated carbocycles. The van der Waals surface area contributed by atoms with Crippen LogP contribution < -0.4 is 9.47 Å². The van der Waals surface area contributed by atoms with Crippen molar-refractivity contribution in [2.24, 2.45) is 4.99 Å². The summed E-state index contributed by atoms with van der Waals surface area (Å²) in [6.07, 6.45) is 1.01. The van der Waals surface area contributed by atoms with Gasteiger partial charge in [-0.1, -0.05) is 12.1 Å². The van der Waals surface area contributed by atoms with Gasteiger partial charge in [0.1, 0.15) is 11.6 Å². The van der Waals surface area contributed by atoms with Gasteiger partial charge < -0.3 is 24.6 Å². The highest BCUT2D eigenvalue weighted by atomic mass is 32.2. The van der Waals surface area contributed by atoms with Crippen LogP contribution in [0.25, 0.3) is 0 Å². The SMILES string of the molecule is CN1CCN=C1c1cc(S(=O)c2ccc(CCC(=O)O)cc2)ccc1Oc1c(F)cnc(Oc2cc(C#N)ccc2O)c1F. The van der Waals surface area contributed by atoms with Crippen molar-refractivity contribution < 1.29 is 37.5 Å². The molecule has 2 heterocycles. The molecule has 0 radical (unpaired) electrons. The van der Waals surface area contributed by atoms with Gasteiger partial charge in [-0.2, -0.15) is 9.65 Å². The minimum Gasteiger partial charge on any atom is -0.504 e. The fourth-order valence-electron chi connectivity index (χ4n) is 4.36. The van der Waals surface area contributed by atoms with E-state index in [1.807, 2.05) is 11.0 Å². The Labute approximate surface area is 252 Å². The number of benzene rings is 3. The highest BCUT2D eigenvalue weighted by molar-refractivity contribution is 7.85. The number of aliphatic carboxylic acids is 1. The van der Waals surface area contributed by atoms with E-state index < -0.39 is 40.0 Å². The van der Waals surface area contributed by atoms with Crippen LogP contribution in [0.5, 0.6) is 28.9 Å². The predicted molar refractivity (Wildman–Crippen MR) is 155 cm³/mol. The molecular weight excluding hydrogens is 594 g/mol. The largest absolute Gasteiger partial charge is 0.504 e. The highest BCUT2D eigenvalue weighted by Crippen LogP contribution is 2.38. The Morgan fingerprint density at radius 2 is 1.82 bits per heavy atom. The Bertz CT molecular complexity index is 1840. The van der Waals surface area contributed by atoms with E-state index in [0.29, 0.717) is 46.9 Å². The lowest BCUT2D eigenvalue weighted by molar-refractivity contribution is -0.136. The molecule has 0 aliphatic carbocycles. The number of carboxylic acids is 1. The molecule has 0 fully saturated rings. The number of ether oxygens (including phenoxy) is 2. The molecule has 1 aliphatic heterocycles. The second-order valence-electron chi connectivity index (χ2n) is 9.64. The van der Waals surface area contributed by atoms with Gasteiger partial charge in [-0.15, -0.1) is 0 Å². The summed E-state index contributed by atoms with van der Waals surface area (Å²) < 4.78 is 55.0. The summed E-state index contributed by atoms with van der Waals surface area (Å²) in [6.45, 7) is 1.05. The zero-order chi connectivity index (χ0) is 31.4. The second-order valence-corrected chi connectivity index (χ2v) is 11.1. The molecule has 1 atom stereocenters. The molecule has 0 spiro atoms. The van der Waals surface area contributed by atoms with Crippen LogP contribution in [-0.2, 0) is 22.0 Å². The van der Waals surface area contributed by atoms with Crippen LogP contribution in [0.2, 0.25) is 0 Å². The number of hydrogen-bond acceptors (Lipinski definition) is 9. The standard InChI is InChI=1S/C31H24F2N4O6S/c1-37-13-12-35-30(37)22-15-21(44(41)20-6-2-18(3-7-20)5-11-27(39)40)8-10-25(22)42-29-23(32)17-36-31(28(29)33)43-26-14-19(16-34)4-9-24(26)38/h2-4,6-10,14-15,17,38H,5,11-13H2,1H3,(H,39,40). The molecule has 0 saturated heterocycles. The van der Waals surface area contributed by atoms with E-state index in [0.717, 1.165) is 5.56 Å². The van der Waals surface area contributed by atoms with Gasteiger partial charge in [-0.3, -0.25) is 9.79 Å². The van der Waals surface area contributed by atoms with Crippen molar-refractivity contribution in [2.75, 3.05) is 20.1 Å². The number of aryl methyl sites for hydroxylation is 1. The van der Waals surface area contributed by atoms with Gasteiger partial charge in [0.25, 0.3) is 5.88 Å². The van der Waals surface area contributed by atoms with E-state index in [2.05, 4.69) is 9.98 Å². The molecule has 0 bridgehead atoms. The molecule has 10 nitrogen and oxygen atoms in total. The molecule has 44 heavy (non-hydrogen) atoms. The smallest absolute Gasteiger partial charge is 0.303 e. The van der Waals surface area contributed by atoms with Crippen molar-refractivity contribution in [1.82, 2.24) is 9.88 Å². The number of amidine groups is 1. The van der Waals surface area contributed by atoms with Crippen molar-refractivity contribution in [3.8, 4) is 34.9 Å². The van der Waals surface area contributed by atoms with Crippen LogP contribution >= 0.6 is 0 Å². The van der Waals surface area contributed by atoms with E-state index >= 15 is 4.39 Å². The molecule has 1 aromatic heterocycles. The Kier molecular flexibility index (Phi) is 8.82. The van der Waals surface area contributed by atoms with E-state index in [9.17, 15) is 18.5 Å². The molecular formula is C31H24F2N4O6S.